The number of aliphatic imine (C=N–C) groups is 2. The van der Waals surface area contributed by atoms with Gasteiger partial charge < -0.3 is 43.8 Å². The van der Waals surface area contributed by atoms with Crippen molar-refractivity contribution in [1.82, 2.24) is 15.0 Å². The molecule has 31 heavy (non-hydrogen) atoms. The van der Waals surface area contributed by atoms with Crippen molar-refractivity contribution in [1.29, 1.82) is 0 Å². The highest BCUT2D eigenvalue weighted by Gasteiger charge is 2.21. The summed E-state index contributed by atoms with van der Waals surface area (Å²) in [5.41, 5.74) is 20.9. The Morgan fingerprint density at radius 3 is 1.55 bits per heavy atom. The minimum atomic E-state index is -1.15. The first-order valence-corrected chi connectivity index (χ1v) is 9.47. The minimum Gasteiger partial charge on any atom is -0.480 e. The Balaban J connectivity index is 2.82. The molecule has 0 radical (unpaired) electrons. The average molecular weight is 460 g/mol. The monoisotopic (exact) mass is 459 g/mol. The lowest BCUT2D eigenvalue weighted by Crippen LogP contribution is -2.32. The zero-order chi connectivity index (χ0) is 23.4. The molecule has 2 atom stereocenters. The molecule has 0 saturated carbocycles. The fourth-order valence-electron chi connectivity index (χ4n) is 2.31. The zero-order valence-corrected chi connectivity index (χ0v) is 17.3. The summed E-state index contributed by atoms with van der Waals surface area (Å²) >= 11 is 5.87. The van der Waals surface area contributed by atoms with Crippen LogP contribution in [-0.4, -0.2) is 74.2 Å². The summed E-state index contributed by atoms with van der Waals surface area (Å²) in [6, 6.07) is -2.12. The number of aromatic nitrogens is 3. The van der Waals surface area contributed by atoms with Crippen LogP contribution >= 0.6 is 11.6 Å². The SMILES string of the molecule is NC(N)=NCCCC(Nc1nc(Cl)nc(NC(CCCN=C(N)N)C(=O)O)n1)C(=O)O. The molecule has 2 unspecified atom stereocenters. The second-order valence-corrected chi connectivity index (χ2v) is 6.56. The van der Waals surface area contributed by atoms with Crippen LogP contribution in [0.25, 0.3) is 0 Å². The molecule has 15 nitrogen and oxygen atoms in total. The number of aliphatic carboxylic acids is 2. The van der Waals surface area contributed by atoms with Crippen molar-refractivity contribution < 1.29 is 19.8 Å². The third kappa shape index (κ3) is 10.6. The normalized spacial score (nSPS) is 12.3. The fourth-order valence-corrected chi connectivity index (χ4v) is 2.47. The van der Waals surface area contributed by atoms with Gasteiger partial charge in [-0.1, -0.05) is 0 Å². The van der Waals surface area contributed by atoms with E-state index in [2.05, 4.69) is 35.6 Å². The Morgan fingerprint density at radius 2 is 1.23 bits per heavy atom. The van der Waals surface area contributed by atoms with E-state index >= 15 is 0 Å². The molecule has 0 aliphatic carbocycles. The van der Waals surface area contributed by atoms with E-state index in [1.807, 2.05) is 0 Å². The van der Waals surface area contributed by atoms with Crippen molar-refractivity contribution in [2.24, 2.45) is 32.9 Å². The molecular weight excluding hydrogens is 434 g/mol. The van der Waals surface area contributed by atoms with E-state index in [-0.39, 0.29) is 55.0 Å². The lowest BCUT2D eigenvalue weighted by atomic mass is 10.1. The number of carboxylic acids is 2. The molecule has 12 N–H and O–H groups in total. The first-order valence-electron chi connectivity index (χ1n) is 9.09. The second kappa shape index (κ2) is 12.8. The summed E-state index contributed by atoms with van der Waals surface area (Å²) in [6.45, 7) is 0.497. The van der Waals surface area contributed by atoms with Gasteiger partial charge in [-0.2, -0.15) is 15.0 Å². The largest absolute Gasteiger partial charge is 0.480 e. The molecule has 0 fully saturated rings. The van der Waals surface area contributed by atoms with E-state index in [0.29, 0.717) is 12.8 Å². The molecule has 0 bridgehead atoms. The fraction of sp³-hybridized carbons (Fsp3) is 0.533. The predicted molar refractivity (Wildman–Crippen MR) is 115 cm³/mol. The Morgan fingerprint density at radius 1 is 0.839 bits per heavy atom. The summed E-state index contributed by atoms with van der Waals surface area (Å²) in [7, 11) is 0. The van der Waals surface area contributed by atoms with Crippen LogP contribution in [0.1, 0.15) is 25.7 Å². The average Bonchev–Trinajstić information content (AvgIpc) is 2.65. The van der Waals surface area contributed by atoms with E-state index < -0.39 is 24.0 Å². The number of halogens is 1. The van der Waals surface area contributed by atoms with Gasteiger partial charge in [-0.3, -0.25) is 9.98 Å². The van der Waals surface area contributed by atoms with Crippen LogP contribution in [0.15, 0.2) is 9.98 Å². The van der Waals surface area contributed by atoms with Crippen molar-refractivity contribution in [3.8, 4) is 0 Å². The van der Waals surface area contributed by atoms with Crippen LogP contribution in [0.3, 0.4) is 0 Å². The van der Waals surface area contributed by atoms with Gasteiger partial charge >= 0.3 is 11.9 Å². The topological polar surface area (TPSA) is 266 Å². The third-order valence-electron chi connectivity index (χ3n) is 3.70. The molecule has 0 aromatic carbocycles. The van der Waals surface area contributed by atoms with Crippen molar-refractivity contribution in [3.05, 3.63) is 5.28 Å². The number of nitrogens with one attached hydrogen (secondary N) is 2. The first kappa shape index (κ1) is 25.4. The maximum Gasteiger partial charge on any atom is 0.326 e. The van der Waals surface area contributed by atoms with Gasteiger partial charge in [-0.25, -0.2) is 9.59 Å². The Kier molecular flexibility index (Phi) is 10.5. The van der Waals surface area contributed by atoms with Gasteiger partial charge in [0.1, 0.15) is 12.1 Å². The molecular formula is C15H26ClN11O4. The van der Waals surface area contributed by atoms with Gasteiger partial charge in [0.05, 0.1) is 0 Å². The Bertz CT molecular complexity index is 750. The summed E-state index contributed by atoms with van der Waals surface area (Å²) < 4.78 is 0. The van der Waals surface area contributed by atoms with Crippen LogP contribution in [0.4, 0.5) is 11.9 Å². The molecule has 1 heterocycles. The summed E-state index contributed by atoms with van der Waals surface area (Å²) in [4.78, 5) is 42.2. The van der Waals surface area contributed by atoms with E-state index in [1.54, 1.807) is 0 Å². The highest BCUT2D eigenvalue weighted by Crippen LogP contribution is 2.14. The molecule has 0 aliphatic rings. The summed E-state index contributed by atoms with van der Waals surface area (Å²) in [5, 5.41) is 23.8. The molecule has 0 spiro atoms. The van der Waals surface area contributed by atoms with Gasteiger partial charge in [-0.05, 0) is 37.3 Å². The van der Waals surface area contributed by atoms with E-state index in [1.165, 1.54) is 0 Å². The summed E-state index contributed by atoms with van der Waals surface area (Å²) in [5.74, 6) is -2.77. The number of nitrogens with two attached hydrogens (primary N) is 4. The lowest BCUT2D eigenvalue weighted by Gasteiger charge is -2.16. The number of carbonyl (C=O) groups is 2. The van der Waals surface area contributed by atoms with Gasteiger partial charge in [-0.15, -0.1) is 0 Å². The predicted octanol–water partition coefficient (Wildman–Crippen LogP) is -1.64. The van der Waals surface area contributed by atoms with Crippen molar-refractivity contribution >= 4 is 47.4 Å². The van der Waals surface area contributed by atoms with E-state index in [9.17, 15) is 19.8 Å². The van der Waals surface area contributed by atoms with E-state index in [0.717, 1.165) is 0 Å². The Labute approximate surface area is 182 Å². The number of carboxylic acid groups (broad SMARTS) is 2. The number of hydrogen-bond acceptors (Lipinski definition) is 9. The standard InChI is InChI=1S/C15H26ClN11O4/c16-11-25-14(23-7(9(28)29)3-1-5-21-12(17)18)27-15(26-11)24-8(10(30)31)4-2-6-22-13(19)20/h7-8H,1-6H2,(H,28,29)(H,30,31)(H4,17,18,21)(H4,19,20,22)(H2,23,24,25,26,27). The first-order chi connectivity index (χ1) is 14.6. The summed E-state index contributed by atoms with van der Waals surface area (Å²) in [6.07, 6.45) is 1.09. The number of guanidine groups is 2. The van der Waals surface area contributed by atoms with Gasteiger partial charge in [0, 0.05) is 13.1 Å². The molecule has 1 rings (SSSR count). The minimum absolute atomic E-state index is 0.0916. The number of anilines is 2. The number of nitrogens with zero attached hydrogens (tertiary/aromatic N) is 5. The highest BCUT2D eigenvalue weighted by atomic mass is 35.5. The quantitative estimate of drug-likeness (QED) is 0.0881. The van der Waals surface area contributed by atoms with Crippen LogP contribution in [0.5, 0.6) is 0 Å². The molecule has 0 saturated heterocycles. The van der Waals surface area contributed by atoms with Crippen molar-refractivity contribution in [2.45, 2.75) is 37.8 Å². The second-order valence-electron chi connectivity index (χ2n) is 6.22. The maximum atomic E-state index is 11.5. The van der Waals surface area contributed by atoms with E-state index in [4.69, 9.17) is 34.5 Å². The molecule has 0 amide bonds. The molecule has 0 aliphatic heterocycles. The molecule has 1 aromatic rings. The van der Waals surface area contributed by atoms with Gasteiger partial charge in [0.2, 0.25) is 17.2 Å². The van der Waals surface area contributed by atoms with Gasteiger partial charge in [0.25, 0.3) is 0 Å². The highest BCUT2D eigenvalue weighted by molar-refractivity contribution is 6.28. The van der Waals surface area contributed by atoms with Gasteiger partial charge in [0.15, 0.2) is 11.9 Å². The van der Waals surface area contributed by atoms with Crippen LogP contribution < -0.4 is 33.6 Å². The molecule has 16 heteroatoms. The van der Waals surface area contributed by atoms with Crippen LogP contribution in [0, 0.1) is 0 Å². The molecule has 172 valence electrons. The smallest absolute Gasteiger partial charge is 0.326 e. The third-order valence-corrected chi connectivity index (χ3v) is 3.87. The van der Waals surface area contributed by atoms with Crippen molar-refractivity contribution in [2.75, 3.05) is 23.7 Å². The zero-order valence-electron chi connectivity index (χ0n) is 16.5. The van der Waals surface area contributed by atoms with Crippen molar-refractivity contribution in [3.63, 3.8) is 0 Å². The number of hydrogen-bond donors (Lipinski definition) is 8. The maximum absolute atomic E-state index is 11.5. The Hall–Kier alpha value is -3.62. The molecule has 1 aromatic heterocycles. The van der Waals surface area contributed by atoms with Crippen LogP contribution in [0.2, 0.25) is 5.28 Å². The van der Waals surface area contributed by atoms with Crippen LogP contribution in [-0.2, 0) is 9.59 Å². The number of rotatable bonds is 14. The lowest BCUT2D eigenvalue weighted by molar-refractivity contribution is -0.139.